The number of rotatable bonds is 4. The molecule has 0 bridgehead atoms. The van der Waals surface area contributed by atoms with Crippen LogP contribution in [0, 0.1) is 6.92 Å². The second-order valence-electron chi connectivity index (χ2n) is 3.42. The van der Waals surface area contributed by atoms with Crippen LogP contribution in [0.15, 0.2) is 6.07 Å². The third-order valence-electron chi connectivity index (χ3n) is 2.08. The molecule has 0 unspecified atom stereocenters. The average molecular weight is 182 g/mol. The van der Waals surface area contributed by atoms with Gasteiger partial charge in [-0.3, -0.25) is 4.68 Å². The van der Waals surface area contributed by atoms with E-state index in [1.807, 2.05) is 18.7 Å². The molecule has 4 nitrogen and oxygen atoms in total. The molecule has 1 aromatic heterocycles. The molecule has 0 saturated carbocycles. The summed E-state index contributed by atoms with van der Waals surface area (Å²) in [5, 5.41) is 7.58. The van der Waals surface area contributed by atoms with Gasteiger partial charge in [0.2, 0.25) is 0 Å². The van der Waals surface area contributed by atoms with Crippen molar-refractivity contribution in [3.8, 4) is 0 Å². The molecule has 3 N–H and O–H groups in total. The number of hydrogen-bond acceptors (Lipinski definition) is 3. The van der Waals surface area contributed by atoms with E-state index in [1.54, 1.807) is 0 Å². The van der Waals surface area contributed by atoms with Crippen molar-refractivity contribution in [2.45, 2.75) is 26.4 Å². The standard InChI is InChI=1S/C9H18N4/c1-7-4-9(13(3)12-7)6-11-8(2)5-10/h4,8,11H,5-6,10H2,1-3H3/t8-/m0/s1. The van der Waals surface area contributed by atoms with Crippen LogP contribution in [0.2, 0.25) is 0 Å². The second-order valence-corrected chi connectivity index (χ2v) is 3.42. The Hall–Kier alpha value is -0.870. The van der Waals surface area contributed by atoms with Crippen molar-refractivity contribution in [3.63, 3.8) is 0 Å². The highest BCUT2D eigenvalue weighted by Crippen LogP contribution is 2.01. The molecule has 0 aliphatic carbocycles. The van der Waals surface area contributed by atoms with E-state index in [9.17, 15) is 0 Å². The lowest BCUT2D eigenvalue weighted by atomic mass is 10.3. The maximum absolute atomic E-state index is 5.49. The predicted molar refractivity (Wildman–Crippen MR) is 53.3 cm³/mol. The summed E-state index contributed by atoms with van der Waals surface area (Å²) in [6.45, 7) is 5.56. The van der Waals surface area contributed by atoms with E-state index in [0.717, 1.165) is 12.2 Å². The largest absolute Gasteiger partial charge is 0.329 e. The Labute approximate surface area is 79.1 Å². The zero-order valence-electron chi connectivity index (χ0n) is 8.54. The van der Waals surface area contributed by atoms with E-state index in [2.05, 4.69) is 23.4 Å². The van der Waals surface area contributed by atoms with Gasteiger partial charge < -0.3 is 11.1 Å². The van der Waals surface area contributed by atoms with Crippen LogP contribution in [0.3, 0.4) is 0 Å². The predicted octanol–water partition coefficient (Wildman–Crippen LogP) is 0.165. The molecule has 0 spiro atoms. The zero-order valence-corrected chi connectivity index (χ0v) is 8.54. The Morgan fingerprint density at radius 1 is 1.69 bits per heavy atom. The van der Waals surface area contributed by atoms with Crippen LogP contribution in [0.1, 0.15) is 18.3 Å². The van der Waals surface area contributed by atoms with E-state index >= 15 is 0 Å². The first kappa shape index (κ1) is 10.2. The van der Waals surface area contributed by atoms with Gasteiger partial charge in [-0.1, -0.05) is 0 Å². The Morgan fingerprint density at radius 2 is 2.38 bits per heavy atom. The summed E-state index contributed by atoms with van der Waals surface area (Å²) < 4.78 is 1.89. The normalized spacial score (nSPS) is 13.2. The fourth-order valence-corrected chi connectivity index (χ4v) is 1.19. The first-order valence-corrected chi connectivity index (χ1v) is 4.56. The molecule has 4 heteroatoms. The quantitative estimate of drug-likeness (QED) is 0.697. The molecule has 13 heavy (non-hydrogen) atoms. The van der Waals surface area contributed by atoms with Gasteiger partial charge >= 0.3 is 0 Å². The maximum Gasteiger partial charge on any atom is 0.0597 e. The van der Waals surface area contributed by atoms with Crippen LogP contribution < -0.4 is 11.1 Å². The lowest BCUT2D eigenvalue weighted by Crippen LogP contribution is -2.33. The molecule has 1 heterocycles. The summed E-state index contributed by atoms with van der Waals surface area (Å²) in [4.78, 5) is 0. The van der Waals surface area contributed by atoms with Gasteiger partial charge in [-0.05, 0) is 19.9 Å². The summed E-state index contributed by atoms with van der Waals surface area (Å²) in [6.07, 6.45) is 0. The van der Waals surface area contributed by atoms with Gasteiger partial charge in [-0.2, -0.15) is 5.10 Å². The molecule has 0 radical (unpaired) electrons. The van der Waals surface area contributed by atoms with Crippen LogP contribution >= 0.6 is 0 Å². The Kier molecular flexibility index (Phi) is 3.45. The number of nitrogens with one attached hydrogen (secondary N) is 1. The molecule has 0 fully saturated rings. The van der Waals surface area contributed by atoms with Gasteiger partial charge in [0, 0.05) is 26.2 Å². The van der Waals surface area contributed by atoms with Crippen LogP contribution in [-0.2, 0) is 13.6 Å². The topological polar surface area (TPSA) is 55.9 Å². The molecule has 0 saturated heterocycles. The van der Waals surface area contributed by atoms with E-state index < -0.39 is 0 Å². The van der Waals surface area contributed by atoms with Crippen LogP contribution in [0.5, 0.6) is 0 Å². The zero-order chi connectivity index (χ0) is 9.84. The summed E-state index contributed by atoms with van der Waals surface area (Å²) in [7, 11) is 1.96. The molecular weight excluding hydrogens is 164 g/mol. The van der Waals surface area contributed by atoms with E-state index in [0.29, 0.717) is 12.6 Å². The third kappa shape index (κ3) is 2.82. The van der Waals surface area contributed by atoms with E-state index in [1.165, 1.54) is 5.69 Å². The van der Waals surface area contributed by atoms with Gasteiger partial charge in [0.25, 0.3) is 0 Å². The fraction of sp³-hybridized carbons (Fsp3) is 0.667. The van der Waals surface area contributed by atoms with Gasteiger partial charge in [0.05, 0.1) is 11.4 Å². The third-order valence-corrected chi connectivity index (χ3v) is 2.08. The summed E-state index contributed by atoms with van der Waals surface area (Å²) >= 11 is 0. The van der Waals surface area contributed by atoms with Gasteiger partial charge in [-0.25, -0.2) is 0 Å². The lowest BCUT2D eigenvalue weighted by molar-refractivity contribution is 0.535. The van der Waals surface area contributed by atoms with Crippen LogP contribution in [-0.4, -0.2) is 22.4 Å². The van der Waals surface area contributed by atoms with E-state index in [-0.39, 0.29) is 0 Å². The number of aryl methyl sites for hydroxylation is 2. The highest BCUT2D eigenvalue weighted by Gasteiger charge is 2.03. The van der Waals surface area contributed by atoms with Gasteiger partial charge in [-0.15, -0.1) is 0 Å². The van der Waals surface area contributed by atoms with Crippen molar-refractivity contribution in [1.29, 1.82) is 0 Å². The first-order chi connectivity index (χ1) is 6.13. The maximum atomic E-state index is 5.49. The van der Waals surface area contributed by atoms with Crippen molar-refractivity contribution < 1.29 is 0 Å². The molecule has 1 atom stereocenters. The Morgan fingerprint density at radius 3 is 2.85 bits per heavy atom. The molecule has 1 aromatic rings. The minimum atomic E-state index is 0.357. The first-order valence-electron chi connectivity index (χ1n) is 4.56. The smallest absolute Gasteiger partial charge is 0.0597 e. The van der Waals surface area contributed by atoms with Crippen molar-refractivity contribution in [2.75, 3.05) is 6.54 Å². The van der Waals surface area contributed by atoms with Crippen molar-refractivity contribution >= 4 is 0 Å². The van der Waals surface area contributed by atoms with Crippen LogP contribution in [0.4, 0.5) is 0 Å². The Balaban J connectivity index is 2.49. The van der Waals surface area contributed by atoms with E-state index in [4.69, 9.17) is 5.73 Å². The molecule has 0 aromatic carbocycles. The lowest BCUT2D eigenvalue weighted by Gasteiger charge is -2.10. The summed E-state index contributed by atoms with van der Waals surface area (Å²) in [6, 6.07) is 2.44. The van der Waals surface area contributed by atoms with Crippen LogP contribution in [0.25, 0.3) is 0 Å². The van der Waals surface area contributed by atoms with Crippen molar-refractivity contribution in [1.82, 2.24) is 15.1 Å². The molecule has 74 valence electrons. The highest BCUT2D eigenvalue weighted by atomic mass is 15.3. The summed E-state index contributed by atoms with van der Waals surface area (Å²) in [5.41, 5.74) is 7.74. The molecule has 0 amide bonds. The van der Waals surface area contributed by atoms with Gasteiger partial charge in [0.1, 0.15) is 0 Å². The average Bonchev–Trinajstić information content (AvgIpc) is 2.41. The number of aromatic nitrogens is 2. The number of nitrogens with two attached hydrogens (primary N) is 1. The molecule has 0 aliphatic rings. The second kappa shape index (κ2) is 4.39. The van der Waals surface area contributed by atoms with Gasteiger partial charge in [0.15, 0.2) is 0 Å². The minimum Gasteiger partial charge on any atom is -0.329 e. The monoisotopic (exact) mass is 182 g/mol. The summed E-state index contributed by atoms with van der Waals surface area (Å²) in [5.74, 6) is 0. The Bertz CT molecular complexity index is 267. The fourth-order valence-electron chi connectivity index (χ4n) is 1.19. The minimum absolute atomic E-state index is 0.357. The van der Waals surface area contributed by atoms with Crippen molar-refractivity contribution in [2.24, 2.45) is 12.8 Å². The molecule has 1 rings (SSSR count). The number of hydrogen-bond donors (Lipinski definition) is 2. The highest BCUT2D eigenvalue weighted by molar-refractivity contribution is 5.08. The molecule has 0 aliphatic heterocycles. The SMILES string of the molecule is Cc1cc(CN[C@@H](C)CN)n(C)n1. The van der Waals surface area contributed by atoms with Crippen molar-refractivity contribution in [3.05, 3.63) is 17.5 Å². The number of nitrogens with zero attached hydrogens (tertiary/aromatic N) is 2. The molecular formula is C9H18N4.